The Morgan fingerprint density at radius 3 is 2.45 bits per heavy atom. The lowest BCUT2D eigenvalue weighted by Gasteiger charge is -2.10. The molecule has 2 heteroatoms. The van der Waals surface area contributed by atoms with Crippen molar-refractivity contribution in [1.82, 2.24) is 0 Å². The third-order valence-electron chi connectivity index (χ3n) is 1.99. The quantitative estimate of drug-likeness (QED) is 0.689. The van der Waals surface area contributed by atoms with E-state index in [1.807, 2.05) is 11.8 Å². The molecule has 0 aromatic heterocycles. The summed E-state index contributed by atoms with van der Waals surface area (Å²) < 4.78 is 0. The summed E-state index contributed by atoms with van der Waals surface area (Å²) in [5.41, 5.74) is 5.94. The zero-order valence-electron chi connectivity index (χ0n) is 7.55. The summed E-state index contributed by atoms with van der Waals surface area (Å²) in [6.07, 6.45) is 2.76. The Bertz CT molecular complexity index is 110. The highest BCUT2D eigenvalue weighted by Crippen LogP contribution is 2.32. The van der Waals surface area contributed by atoms with Gasteiger partial charge in [-0.3, -0.25) is 0 Å². The fourth-order valence-corrected chi connectivity index (χ4v) is 2.25. The van der Waals surface area contributed by atoms with E-state index in [1.54, 1.807) is 0 Å². The maximum Gasteiger partial charge on any atom is 0.0158 e. The molecule has 2 N–H and O–H groups in total. The average molecular weight is 173 g/mol. The smallest absolute Gasteiger partial charge is 0.0158 e. The van der Waals surface area contributed by atoms with E-state index < -0.39 is 0 Å². The molecule has 0 bridgehead atoms. The van der Waals surface area contributed by atoms with E-state index in [1.165, 1.54) is 24.3 Å². The standard InChI is InChI=1S/C9H19NS/c1-7(2)5-11-6-9(10)8-3-4-8/h7-9H,3-6,10H2,1-2H3. The topological polar surface area (TPSA) is 26.0 Å². The fourth-order valence-electron chi connectivity index (χ4n) is 1.10. The maximum atomic E-state index is 5.94. The Balaban J connectivity index is 1.93. The molecule has 0 saturated heterocycles. The molecule has 1 aliphatic rings. The second-order valence-electron chi connectivity index (χ2n) is 3.93. The molecule has 0 aliphatic heterocycles. The first-order chi connectivity index (χ1) is 5.20. The van der Waals surface area contributed by atoms with Crippen molar-refractivity contribution in [2.75, 3.05) is 11.5 Å². The lowest BCUT2D eigenvalue weighted by atomic mass is 10.2. The SMILES string of the molecule is CC(C)CSCC(N)C1CC1. The van der Waals surface area contributed by atoms with Gasteiger partial charge in [0.2, 0.25) is 0 Å². The molecule has 66 valence electrons. The molecular weight excluding hydrogens is 154 g/mol. The van der Waals surface area contributed by atoms with Crippen LogP contribution < -0.4 is 5.73 Å². The monoisotopic (exact) mass is 173 g/mol. The molecule has 1 unspecified atom stereocenters. The Hall–Kier alpha value is 0.310. The largest absolute Gasteiger partial charge is 0.327 e. The first kappa shape index (κ1) is 9.40. The van der Waals surface area contributed by atoms with Gasteiger partial charge in [0, 0.05) is 11.8 Å². The van der Waals surface area contributed by atoms with Crippen molar-refractivity contribution < 1.29 is 0 Å². The van der Waals surface area contributed by atoms with E-state index in [2.05, 4.69) is 13.8 Å². The number of rotatable bonds is 5. The molecule has 0 amide bonds. The van der Waals surface area contributed by atoms with Crippen LogP contribution in [0.1, 0.15) is 26.7 Å². The molecule has 11 heavy (non-hydrogen) atoms. The van der Waals surface area contributed by atoms with E-state index in [4.69, 9.17) is 5.73 Å². The zero-order chi connectivity index (χ0) is 8.27. The predicted molar refractivity (Wildman–Crippen MR) is 52.9 cm³/mol. The summed E-state index contributed by atoms with van der Waals surface area (Å²) in [6, 6.07) is 0.485. The minimum atomic E-state index is 0.485. The Morgan fingerprint density at radius 1 is 1.36 bits per heavy atom. The van der Waals surface area contributed by atoms with Crippen molar-refractivity contribution in [2.24, 2.45) is 17.6 Å². The molecule has 0 spiro atoms. The van der Waals surface area contributed by atoms with Gasteiger partial charge < -0.3 is 5.73 Å². The van der Waals surface area contributed by atoms with Crippen LogP contribution in [0.4, 0.5) is 0 Å². The van der Waals surface area contributed by atoms with Crippen LogP contribution in [0.3, 0.4) is 0 Å². The van der Waals surface area contributed by atoms with Crippen molar-refractivity contribution >= 4 is 11.8 Å². The van der Waals surface area contributed by atoms with Crippen molar-refractivity contribution in [3.8, 4) is 0 Å². The van der Waals surface area contributed by atoms with Gasteiger partial charge in [-0.05, 0) is 30.4 Å². The van der Waals surface area contributed by atoms with Gasteiger partial charge in [-0.2, -0.15) is 11.8 Å². The van der Waals surface area contributed by atoms with E-state index in [-0.39, 0.29) is 0 Å². The first-order valence-corrected chi connectivity index (χ1v) is 5.69. The second-order valence-corrected chi connectivity index (χ2v) is 5.01. The predicted octanol–water partition coefficient (Wildman–Crippen LogP) is 2.11. The maximum absolute atomic E-state index is 5.94. The third-order valence-corrected chi connectivity index (χ3v) is 3.51. The van der Waals surface area contributed by atoms with Crippen LogP contribution in [0.5, 0.6) is 0 Å². The number of hydrogen-bond donors (Lipinski definition) is 1. The van der Waals surface area contributed by atoms with Gasteiger partial charge in [0.1, 0.15) is 0 Å². The van der Waals surface area contributed by atoms with Crippen LogP contribution in [-0.4, -0.2) is 17.5 Å². The van der Waals surface area contributed by atoms with Crippen molar-refractivity contribution in [3.05, 3.63) is 0 Å². The molecule has 1 fully saturated rings. The minimum absolute atomic E-state index is 0.485. The van der Waals surface area contributed by atoms with Crippen LogP contribution >= 0.6 is 11.8 Å². The normalized spacial score (nSPS) is 20.7. The summed E-state index contributed by atoms with van der Waals surface area (Å²) in [7, 11) is 0. The Kier molecular flexibility index (Phi) is 3.73. The lowest BCUT2D eigenvalue weighted by Crippen LogP contribution is -2.25. The summed E-state index contributed by atoms with van der Waals surface area (Å²) in [5, 5.41) is 0. The molecule has 1 saturated carbocycles. The summed E-state index contributed by atoms with van der Waals surface area (Å²) in [6.45, 7) is 4.52. The van der Waals surface area contributed by atoms with Gasteiger partial charge in [-0.25, -0.2) is 0 Å². The number of nitrogens with two attached hydrogens (primary N) is 1. The number of thioether (sulfide) groups is 1. The number of hydrogen-bond acceptors (Lipinski definition) is 2. The highest BCUT2D eigenvalue weighted by atomic mass is 32.2. The molecule has 1 rings (SSSR count). The van der Waals surface area contributed by atoms with Crippen LogP contribution in [0.15, 0.2) is 0 Å². The van der Waals surface area contributed by atoms with Crippen LogP contribution in [0.25, 0.3) is 0 Å². The second kappa shape index (κ2) is 4.36. The Labute approximate surface area is 74.1 Å². The zero-order valence-corrected chi connectivity index (χ0v) is 8.36. The van der Waals surface area contributed by atoms with Gasteiger partial charge in [-0.1, -0.05) is 13.8 Å². The van der Waals surface area contributed by atoms with Crippen molar-refractivity contribution in [3.63, 3.8) is 0 Å². The van der Waals surface area contributed by atoms with Crippen molar-refractivity contribution in [2.45, 2.75) is 32.7 Å². The highest BCUT2D eigenvalue weighted by molar-refractivity contribution is 7.99. The van der Waals surface area contributed by atoms with Crippen LogP contribution in [-0.2, 0) is 0 Å². The van der Waals surface area contributed by atoms with Crippen LogP contribution in [0, 0.1) is 11.8 Å². The molecule has 0 aromatic carbocycles. The van der Waals surface area contributed by atoms with Gasteiger partial charge in [0.15, 0.2) is 0 Å². The molecule has 0 heterocycles. The van der Waals surface area contributed by atoms with E-state index in [9.17, 15) is 0 Å². The summed E-state index contributed by atoms with van der Waals surface area (Å²) in [4.78, 5) is 0. The van der Waals surface area contributed by atoms with E-state index in [0.29, 0.717) is 6.04 Å². The van der Waals surface area contributed by atoms with Gasteiger partial charge in [0.05, 0.1) is 0 Å². The van der Waals surface area contributed by atoms with Crippen molar-refractivity contribution in [1.29, 1.82) is 0 Å². The van der Waals surface area contributed by atoms with Crippen LogP contribution in [0.2, 0.25) is 0 Å². The Morgan fingerprint density at radius 2 is 2.00 bits per heavy atom. The molecule has 1 nitrogen and oxygen atoms in total. The van der Waals surface area contributed by atoms with Gasteiger partial charge >= 0.3 is 0 Å². The summed E-state index contributed by atoms with van der Waals surface area (Å²) >= 11 is 2.01. The molecular formula is C9H19NS. The third kappa shape index (κ3) is 4.02. The fraction of sp³-hybridized carbons (Fsp3) is 1.00. The molecule has 0 radical (unpaired) electrons. The minimum Gasteiger partial charge on any atom is -0.327 e. The van der Waals surface area contributed by atoms with Gasteiger partial charge in [0.25, 0.3) is 0 Å². The summed E-state index contributed by atoms with van der Waals surface area (Å²) in [5.74, 6) is 4.12. The first-order valence-electron chi connectivity index (χ1n) is 4.53. The lowest BCUT2D eigenvalue weighted by molar-refractivity contribution is 0.657. The van der Waals surface area contributed by atoms with Gasteiger partial charge in [-0.15, -0.1) is 0 Å². The van der Waals surface area contributed by atoms with E-state index in [0.717, 1.165) is 11.8 Å². The van der Waals surface area contributed by atoms with E-state index >= 15 is 0 Å². The molecule has 1 atom stereocenters. The molecule has 1 aliphatic carbocycles. The average Bonchev–Trinajstić information content (AvgIpc) is 2.66. The highest BCUT2D eigenvalue weighted by Gasteiger charge is 2.27. The molecule has 0 aromatic rings.